The van der Waals surface area contributed by atoms with E-state index in [1.807, 2.05) is 40.7 Å². The van der Waals surface area contributed by atoms with Gasteiger partial charge in [0.2, 0.25) is 11.8 Å². The fourth-order valence-corrected chi connectivity index (χ4v) is 6.43. The number of amides is 2. The molecule has 0 aliphatic carbocycles. The summed E-state index contributed by atoms with van der Waals surface area (Å²) < 4.78 is 12.3. The average Bonchev–Trinajstić information content (AvgIpc) is 3.38. The number of rotatable bonds is 12. The summed E-state index contributed by atoms with van der Waals surface area (Å²) in [5, 5.41) is 10.2. The highest BCUT2D eigenvalue weighted by Crippen LogP contribution is 2.63. The molecule has 36 heavy (non-hydrogen) atoms. The van der Waals surface area contributed by atoms with Crippen LogP contribution in [0.2, 0.25) is 0 Å². The molecule has 0 aromatic heterocycles. The Labute approximate surface area is 215 Å². The van der Waals surface area contributed by atoms with E-state index in [-0.39, 0.29) is 25.0 Å². The van der Waals surface area contributed by atoms with E-state index in [1.54, 1.807) is 11.0 Å². The Balaban J connectivity index is 2.02. The molecule has 2 unspecified atom stereocenters. The van der Waals surface area contributed by atoms with E-state index in [0.717, 1.165) is 12.8 Å². The molecule has 0 aromatic rings. The lowest BCUT2D eigenvalue weighted by atomic mass is 9.66. The quantitative estimate of drug-likeness (QED) is 0.249. The van der Waals surface area contributed by atoms with Gasteiger partial charge in [-0.2, -0.15) is 0 Å². The van der Waals surface area contributed by atoms with Gasteiger partial charge in [-0.15, -0.1) is 13.2 Å². The van der Waals surface area contributed by atoms with Crippen molar-refractivity contribution in [2.75, 3.05) is 19.8 Å². The smallest absolute Gasteiger partial charge is 0.312 e. The predicted molar refractivity (Wildman–Crippen MR) is 137 cm³/mol. The third-order valence-corrected chi connectivity index (χ3v) is 8.21. The topological polar surface area (TPSA) is 96.4 Å². The van der Waals surface area contributed by atoms with E-state index in [1.165, 1.54) is 4.90 Å². The van der Waals surface area contributed by atoms with Gasteiger partial charge >= 0.3 is 5.97 Å². The number of aliphatic hydroxyl groups is 1. The SMILES string of the molecule is C=CCCCCOC(=O)[C@H]1[C@H]2C(=O)N([C@@H](CC)CO)C(C(=O)N(CC=C)C(C)(C)C)C23CC[C@]1(C)O3. The van der Waals surface area contributed by atoms with Crippen molar-refractivity contribution in [3.8, 4) is 0 Å². The normalized spacial score (nSPS) is 31.8. The summed E-state index contributed by atoms with van der Waals surface area (Å²) in [6.07, 6.45) is 7.44. The number of aliphatic hydroxyl groups excluding tert-OH is 1. The van der Waals surface area contributed by atoms with Crippen molar-refractivity contribution < 1.29 is 29.0 Å². The molecule has 1 N–H and O–H groups in total. The maximum Gasteiger partial charge on any atom is 0.312 e. The Morgan fingerprint density at radius 3 is 2.53 bits per heavy atom. The Bertz CT molecular complexity index is 878. The van der Waals surface area contributed by atoms with Crippen molar-refractivity contribution in [2.24, 2.45) is 11.8 Å². The van der Waals surface area contributed by atoms with Gasteiger partial charge in [0.05, 0.1) is 30.8 Å². The first kappa shape index (κ1) is 28.4. The molecule has 202 valence electrons. The zero-order valence-electron chi connectivity index (χ0n) is 22.6. The van der Waals surface area contributed by atoms with Crippen molar-refractivity contribution >= 4 is 17.8 Å². The molecule has 2 amide bonds. The number of likely N-dealkylation sites (tertiary alicyclic amines) is 1. The van der Waals surface area contributed by atoms with Crippen LogP contribution in [0.4, 0.5) is 0 Å². The summed E-state index contributed by atoms with van der Waals surface area (Å²) in [5.74, 6) is -2.61. The molecule has 0 radical (unpaired) electrons. The third-order valence-electron chi connectivity index (χ3n) is 8.21. The second kappa shape index (κ2) is 10.7. The maximum absolute atomic E-state index is 14.3. The minimum Gasteiger partial charge on any atom is -0.465 e. The minimum absolute atomic E-state index is 0.243. The van der Waals surface area contributed by atoms with Crippen molar-refractivity contribution in [1.82, 2.24) is 9.80 Å². The standard InChI is InChI=1S/C28H44N2O6/c1-8-11-12-13-17-35-25(34)21-20-23(32)30(19(10-3)18-31)22(28(20)15-14-27(21,7)36-28)24(33)29(16-9-2)26(4,5)6/h8-9,19-22,31H,1-2,10-18H2,3-7H3/t19-,20-,21+,22?,27-,28?/m0/s1. The molecule has 6 atom stereocenters. The highest BCUT2D eigenvalue weighted by molar-refractivity contribution is 5.99. The molecule has 0 saturated carbocycles. The summed E-state index contributed by atoms with van der Waals surface area (Å²) >= 11 is 0. The Morgan fingerprint density at radius 2 is 1.97 bits per heavy atom. The van der Waals surface area contributed by atoms with Gasteiger partial charge in [-0.05, 0) is 66.2 Å². The zero-order valence-corrected chi connectivity index (χ0v) is 22.6. The van der Waals surface area contributed by atoms with Crippen molar-refractivity contribution in [1.29, 1.82) is 0 Å². The second-order valence-corrected chi connectivity index (χ2v) is 11.6. The molecule has 2 bridgehead atoms. The molecule has 3 aliphatic heterocycles. The van der Waals surface area contributed by atoms with Crippen molar-refractivity contribution in [2.45, 2.75) is 102 Å². The lowest BCUT2D eigenvalue weighted by molar-refractivity contribution is -0.163. The number of hydrogen-bond acceptors (Lipinski definition) is 6. The van der Waals surface area contributed by atoms with Gasteiger partial charge < -0.3 is 24.4 Å². The molecular weight excluding hydrogens is 460 g/mol. The van der Waals surface area contributed by atoms with Gasteiger partial charge in [-0.3, -0.25) is 14.4 Å². The molecule has 8 nitrogen and oxygen atoms in total. The highest BCUT2D eigenvalue weighted by atomic mass is 16.6. The Hall–Kier alpha value is -2.19. The molecule has 0 aromatic carbocycles. The molecule has 3 heterocycles. The van der Waals surface area contributed by atoms with E-state index >= 15 is 0 Å². The van der Waals surface area contributed by atoms with E-state index in [9.17, 15) is 19.5 Å². The van der Waals surface area contributed by atoms with Gasteiger partial charge in [0.15, 0.2) is 0 Å². The number of fused-ring (bicyclic) bond motifs is 1. The van der Waals surface area contributed by atoms with Gasteiger partial charge in [-0.25, -0.2) is 0 Å². The fraction of sp³-hybridized carbons (Fsp3) is 0.750. The Kier molecular flexibility index (Phi) is 8.40. The number of carbonyl (C=O) groups is 3. The van der Waals surface area contributed by atoms with Gasteiger partial charge in [0, 0.05) is 12.1 Å². The van der Waals surface area contributed by atoms with Crippen LogP contribution < -0.4 is 0 Å². The lowest BCUT2D eigenvalue weighted by Crippen LogP contribution is -2.61. The van der Waals surface area contributed by atoms with E-state index in [4.69, 9.17) is 9.47 Å². The number of esters is 1. The summed E-state index contributed by atoms with van der Waals surface area (Å²) in [4.78, 5) is 44.9. The highest BCUT2D eigenvalue weighted by Gasteiger charge is 2.79. The molecular formula is C28H44N2O6. The van der Waals surface area contributed by atoms with Crippen LogP contribution in [-0.4, -0.2) is 81.3 Å². The van der Waals surface area contributed by atoms with Crippen LogP contribution in [0.25, 0.3) is 0 Å². The number of nitrogens with zero attached hydrogens (tertiary/aromatic N) is 2. The fourth-order valence-electron chi connectivity index (χ4n) is 6.43. The summed E-state index contributed by atoms with van der Waals surface area (Å²) in [6.45, 7) is 17.4. The first-order chi connectivity index (χ1) is 16.9. The average molecular weight is 505 g/mol. The lowest BCUT2D eigenvalue weighted by Gasteiger charge is -2.43. The summed E-state index contributed by atoms with van der Waals surface area (Å²) in [5.41, 5.74) is -2.54. The van der Waals surface area contributed by atoms with Crippen LogP contribution in [0.3, 0.4) is 0 Å². The summed E-state index contributed by atoms with van der Waals surface area (Å²) in [7, 11) is 0. The van der Waals surface area contributed by atoms with E-state index in [2.05, 4.69) is 13.2 Å². The molecule has 3 aliphatic rings. The number of carbonyl (C=O) groups excluding carboxylic acids is 3. The van der Waals surface area contributed by atoms with Gasteiger partial charge in [-0.1, -0.05) is 19.1 Å². The van der Waals surface area contributed by atoms with E-state index < -0.39 is 46.6 Å². The monoisotopic (exact) mass is 504 g/mol. The zero-order chi connectivity index (χ0) is 26.9. The van der Waals surface area contributed by atoms with Crippen LogP contribution in [0, 0.1) is 11.8 Å². The van der Waals surface area contributed by atoms with Crippen LogP contribution in [0.5, 0.6) is 0 Å². The van der Waals surface area contributed by atoms with Gasteiger partial charge in [0.1, 0.15) is 17.6 Å². The first-order valence-corrected chi connectivity index (χ1v) is 13.3. The minimum atomic E-state index is -1.14. The number of ether oxygens (including phenoxy) is 2. The number of unbranched alkanes of at least 4 members (excludes halogenated alkanes) is 2. The van der Waals surface area contributed by atoms with Gasteiger partial charge in [0.25, 0.3) is 0 Å². The number of allylic oxidation sites excluding steroid dienone is 1. The largest absolute Gasteiger partial charge is 0.465 e. The molecule has 3 rings (SSSR count). The first-order valence-electron chi connectivity index (χ1n) is 13.3. The third kappa shape index (κ3) is 4.62. The Morgan fingerprint density at radius 1 is 1.28 bits per heavy atom. The summed E-state index contributed by atoms with van der Waals surface area (Å²) in [6, 6.07) is -1.48. The van der Waals surface area contributed by atoms with Crippen molar-refractivity contribution in [3.63, 3.8) is 0 Å². The van der Waals surface area contributed by atoms with Crippen LogP contribution in [0.15, 0.2) is 25.3 Å². The molecule has 3 fully saturated rings. The predicted octanol–water partition coefficient (Wildman–Crippen LogP) is 3.23. The number of hydrogen-bond donors (Lipinski definition) is 1. The van der Waals surface area contributed by atoms with E-state index in [0.29, 0.717) is 32.2 Å². The molecule has 8 heteroatoms. The van der Waals surface area contributed by atoms with Crippen LogP contribution in [-0.2, 0) is 23.9 Å². The second-order valence-electron chi connectivity index (χ2n) is 11.6. The molecule has 1 spiro atoms. The molecule has 3 saturated heterocycles. The van der Waals surface area contributed by atoms with Crippen LogP contribution >= 0.6 is 0 Å². The maximum atomic E-state index is 14.3. The van der Waals surface area contributed by atoms with Crippen LogP contribution in [0.1, 0.15) is 73.1 Å². The van der Waals surface area contributed by atoms with Crippen molar-refractivity contribution in [3.05, 3.63) is 25.3 Å².